The van der Waals surface area contributed by atoms with E-state index in [4.69, 9.17) is 14.2 Å². The number of ether oxygens (including phenoxy) is 3. The van der Waals surface area contributed by atoms with Crippen molar-refractivity contribution in [3.63, 3.8) is 0 Å². The largest absolute Gasteiger partial charge is 0.497 e. The van der Waals surface area contributed by atoms with Gasteiger partial charge in [0.15, 0.2) is 23.1 Å². The quantitative estimate of drug-likeness (QED) is 0.319. The minimum absolute atomic E-state index is 0.451. The minimum Gasteiger partial charge on any atom is -0.497 e. The maximum Gasteiger partial charge on any atom is 0.176 e. The summed E-state index contributed by atoms with van der Waals surface area (Å²) in [4.78, 5) is 17.2. The number of anilines is 3. The molecule has 162 valence electrons. The molecule has 0 spiro atoms. The zero-order chi connectivity index (χ0) is 22.3. The topological polar surface area (TPSA) is 116 Å². The number of nitrogens with one attached hydrogen (secondary N) is 2. The highest BCUT2D eigenvalue weighted by Crippen LogP contribution is 2.27. The van der Waals surface area contributed by atoms with Crippen molar-refractivity contribution in [1.82, 2.24) is 19.9 Å². The lowest BCUT2D eigenvalue weighted by molar-refractivity contribution is 0.355. The zero-order valence-electron chi connectivity index (χ0n) is 17.7. The van der Waals surface area contributed by atoms with Crippen molar-refractivity contribution < 1.29 is 14.2 Å². The number of rotatable bonds is 8. The smallest absolute Gasteiger partial charge is 0.176 e. The van der Waals surface area contributed by atoms with Gasteiger partial charge in [-0.1, -0.05) is 0 Å². The summed E-state index contributed by atoms with van der Waals surface area (Å²) in [5, 5.41) is 7.51. The van der Waals surface area contributed by atoms with E-state index >= 15 is 0 Å². The molecule has 2 aromatic carbocycles. The predicted molar refractivity (Wildman–Crippen MR) is 122 cm³/mol. The van der Waals surface area contributed by atoms with Gasteiger partial charge in [0.05, 0.1) is 27.5 Å². The monoisotopic (exact) mass is 431 g/mol. The molecule has 2 N–H and O–H groups in total. The molecule has 0 aliphatic heterocycles. The molecule has 2 heterocycles. The van der Waals surface area contributed by atoms with Crippen molar-refractivity contribution in [3.8, 4) is 17.2 Å². The summed E-state index contributed by atoms with van der Waals surface area (Å²) in [6.45, 7) is 0. The lowest BCUT2D eigenvalue weighted by atomic mass is 10.2. The van der Waals surface area contributed by atoms with Crippen LogP contribution in [0.2, 0.25) is 0 Å². The summed E-state index contributed by atoms with van der Waals surface area (Å²) in [5.41, 5.74) is 5.67. The van der Waals surface area contributed by atoms with Crippen LogP contribution in [0.15, 0.2) is 60.2 Å². The lowest BCUT2D eigenvalue weighted by Gasteiger charge is -2.09. The average Bonchev–Trinajstić information content (AvgIpc) is 2.85. The Kier molecular flexibility index (Phi) is 6.21. The normalized spacial score (nSPS) is 10.8. The van der Waals surface area contributed by atoms with Crippen LogP contribution >= 0.6 is 0 Å². The van der Waals surface area contributed by atoms with E-state index in [1.165, 1.54) is 12.7 Å². The Morgan fingerprint density at radius 1 is 0.750 bits per heavy atom. The first-order chi connectivity index (χ1) is 15.7. The molecule has 0 radical (unpaired) electrons. The van der Waals surface area contributed by atoms with Gasteiger partial charge < -0.3 is 19.5 Å². The molecule has 10 heteroatoms. The van der Waals surface area contributed by atoms with Crippen LogP contribution in [0.1, 0.15) is 5.56 Å². The second kappa shape index (κ2) is 9.56. The maximum atomic E-state index is 5.32. The number of aromatic nitrogens is 4. The minimum atomic E-state index is 0.451. The number of methoxy groups -OCH3 is 3. The van der Waals surface area contributed by atoms with Gasteiger partial charge in [-0.05, 0) is 48.0 Å². The molecule has 0 saturated heterocycles. The van der Waals surface area contributed by atoms with Crippen LogP contribution in [-0.2, 0) is 0 Å². The van der Waals surface area contributed by atoms with Gasteiger partial charge in [-0.3, -0.25) is 5.43 Å². The van der Waals surface area contributed by atoms with Crippen LogP contribution in [-0.4, -0.2) is 47.5 Å². The Labute approximate surface area is 184 Å². The van der Waals surface area contributed by atoms with E-state index in [0.29, 0.717) is 34.2 Å². The second-order valence-electron chi connectivity index (χ2n) is 6.48. The highest BCUT2D eigenvalue weighted by Gasteiger charge is 2.10. The first-order valence-corrected chi connectivity index (χ1v) is 9.59. The van der Waals surface area contributed by atoms with Crippen LogP contribution < -0.4 is 25.0 Å². The molecular formula is C22H21N7O3. The Morgan fingerprint density at radius 3 is 2.12 bits per heavy atom. The molecule has 0 aliphatic carbocycles. The molecule has 0 bridgehead atoms. The summed E-state index contributed by atoms with van der Waals surface area (Å²) in [6.07, 6.45) is 4.52. The van der Waals surface area contributed by atoms with Gasteiger partial charge in [0.1, 0.15) is 29.4 Å². The molecule has 4 rings (SSSR count). The number of hydrogen-bond acceptors (Lipinski definition) is 10. The first-order valence-electron chi connectivity index (χ1n) is 9.59. The van der Waals surface area contributed by atoms with Crippen molar-refractivity contribution in [2.45, 2.75) is 0 Å². The number of benzene rings is 2. The Morgan fingerprint density at radius 2 is 1.44 bits per heavy atom. The highest BCUT2D eigenvalue weighted by atomic mass is 16.5. The van der Waals surface area contributed by atoms with E-state index in [1.54, 1.807) is 27.5 Å². The van der Waals surface area contributed by atoms with E-state index in [2.05, 4.69) is 35.8 Å². The first kappa shape index (κ1) is 20.8. The Balaban J connectivity index is 1.56. The third-order valence-corrected chi connectivity index (χ3v) is 4.56. The van der Waals surface area contributed by atoms with Crippen LogP contribution in [0.5, 0.6) is 17.2 Å². The zero-order valence-corrected chi connectivity index (χ0v) is 17.7. The van der Waals surface area contributed by atoms with Gasteiger partial charge in [0, 0.05) is 5.69 Å². The fourth-order valence-electron chi connectivity index (χ4n) is 2.97. The lowest BCUT2D eigenvalue weighted by Crippen LogP contribution is -2.02. The molecule has 4 aromatic rings. The number of fused-ring (bicyclic) bond motifs is 1. The summed E-state index contributed by atoms with van der Waals surface area (Å²) in [7, 11) is 4.80. The number of nitrogens with zero attached hydrogens (tertiary/aromatic N) is 5. The molecule has 0 fully saturated rings. The SMILES string of the molecule is COc1ccc(Nc2ncnc3c(N/N=C/c4ccc(OC)c(OC)c4)ncnc23)cc1. The number of hydrazone groups is 1. The van der Waals surface area contributed by atoms with Crippen LogP contribution in [0.3, 0.4) is 0 Å². The fourth-order valence-corrected chi connectivity index (χ4v) is 2.97. The summed E-state index contributed by atoms with van der Waals surface area (Å²) in [6, 6.07) is 13.0. The molecule has 0 unspecified atom stereocenters. The maximum absolute atomic E-state index is 5.32. The molecular weight excluding hydrogens is 410 g/mol. The van der Waals surface area contributed by atoms with E-state index in [1.807, 2.05) is 42.5 Å². The van der Waals surface area contributed by atoms with Gasteiger partial charge in [0.25, 0.3) is 0 Å². The molecule has 2 aromatic heterocycles. The third-order valence-electron chi connectivity index (χ3n) is 4.56. The van der Waals surface area contributed by atoms with Gasteiger partial charge in [-0.25, -0.2) is 19.9 Å². The Bertz CT molecular complexity index is 1250. The number of hydrogen-bond donors (Lipinski definition) is 2. The summed E-state index contributed by atoms with van der Waals surface area (Å²) in [5.74, 6) is 3.03. The average molecular weight is 431 g/mol. The van der Waals surface area contributed by atoms with E-state index in [9.17, 15) is 0 Å². The molecule has 32 heavy (non-hydrogen) atoms. The van der Waals surface area contributed by atoms with Crippen molar-refractivity contribution in [2.24, 2.45) is 5.10 Å². The van der Waals surface area contributed by atoms with Gasteiger partial charge >= 0.3 is 0 Å². The molecule has 0 saturated carbocycles. The third kappa shape index (κ3) is 4.48. The second-order valence-corrected chi connectivity index (χ2v) is 6.48. The van der Waals surface area contributed by atoms with Crippen LogP contribution in [0.4, 0.5) is 17.3 Å². The van der Waals surface area contributed by atoms with Crippen LogP contribution in [0.25, 0.3) is 11.0 Å². The standard InChI is InChI=1S/C22H21N7O3/c1-30-16-7-5-15(6-8-16)28-21-19-20(24-12-25-21)22(26-13-23-19)29-27-11-14-4-9-17(31-2)18(10-14)32-3/h4-13H,1-3H3,(H,23,26,29)(H,24,25,28)/b27-11+. The molecule has 0 aliphatic rings. The fraction of sp³-hybridized carbons (Fsp3) is 0.136. The molecule has 0 amide bonds. The van der Waals surface area contributed by atoms with Crippen molar-refractivity contribution in [2.75, 3.05) is 32.1 Å². The Hall–Kier alpha value is -4.47. The van der Waals surface area contributed by atoms with Crippen molar-refractivity contribution in [1.29, 1.82) is 0 Å². The van der Waals surface area contributed by atoms with Crippen molar-refractivity contribution >= 4 is 34.6 Å². The predicted octanol–water partition coefficient (Wildman–Crippen LogP) is 3.64. The van der Waals surface area contributed by atoms with E-state index < -0.39 is 0 Å². The highest BCUT2D eigenvalue weighted by molar-refractivity contribution is 5.93. The van der Waals surface area contributed by atoms with Gasteiger partial charge in [-0.2, -0.15) is 5.10 Å². The van der Waals surface area contributed by atoms with Gasteiger partial charge in [0.2, 0.25) is 0 Å². The summed E-state index contributed by atoms with van der Waals surface area (Å²) >= 11 is 0. The van der Waals surface area contributed by atoms with E-state index in [-0.39, 0.29) is 0 Å². The van der Waals surface area contributed by atoms with Crippen molar-refractivity contribution in [3.05, 3.63) is 60.7 Å². The molecule has 0 atom stereocenters. The molecule has 10 nitrogen and oxygen atoms in total. The van der Waals surface area contributed by atoms with Crippen LogP contribution in [0, 0.1) is 0 Å². The van der Waals surface area contributed by atoms with E-state index in [0.717, 1.165) is 17.0 Å². The summed E-state index contributed by atoms with van der Waals surface area (Å²) < 4.78 is 15.8. The van der Waals surface area contributed by atoms with Gasteiger partial charge in [-0.15, -0.1) is 0 Å².